The first kappa shape index (κ1) is 10.1. The lowest BCUT2D eigenvalue weighted by atomic mass is 10.2. The normalized spacial score (nSPS) is 13.4. The van der Waals surface area contributed by atoms with Gasteiger partial charge in [-0.25, -0.2) is 0 Å². The van der Waals surface area contributed by atoms with Gasteiger partial charge in [0, 0.05) is 22.3 Å². The summed E-state index contributed by atoms with van der Waals surface area (Å²) in [4.78, 5) is 0. The van der Waals surface area contributed by atoms with Gasteiger partial charge >= 0.3 is 0 Å². The smallest absolute Gasteiger partial charge is 0.0234 e. The fourth-order valence-corrected chi connectivity index (χ4v) is 1.54. The predicted octanol–water partition coefficient (Wildman–Crippen LogP) is 0.884. The van der Waals surface area contributed by atoms with Gasteiger partial charge in [0.1, 0.15) is 0 Å². The van der Waals surface area contributed by atoms with Crippen LogP contribution in [0.1, 0.15) is 26.2 Å². The largest absolute Gasteiger partial charge is 0.330 e. The van der Waals surface area contributed by atoms with Gasteiger partial charge in [-0.15, -0.1) is 0 Å². The highest BCUT2D eigenvalue weighted by molar-refractivity contribution is 7.84. The second-order valence-corrected chi connectivity index (χ2v) is 4.15. The molecule has 3 heteroatoms. The standard InChI is InChI=1S/C7H17NOS/c1-2-10(9)7-5-3-4-6-8/h2-8H2,1H3. The molecule has 0 spiro atoms. The first-order valence-electron chi connectivity index (χ1n) is 3.86. The van der Waals surface area contributed by atoms with Crippen molar-refractivity contribution in [1.82, 2.24) is 0 Å². The van der Waals surface area contributed by atoms with E-state index in [1.54, 1.807) is 0 Å². The van der Waals surface area contributed by atoms with Crippen LogP contribution in [0.3, 0.4) is 0 Å². The minimum absolute atomic E-state index is 0.571. The Morgan fingerprint density at radius 2 is 2.00 bits per heavy atom. The van der Waals surface area contributed by atoms with Crippen LogP contribution in [0.15, 0.2) is 0 Å². The minimum atomic E-state index is -0.571. The van der Waals surface area contributed by atoms with Gasteiger partial charge in [0.2, 0.25) is 0 Å². The summed E-state index contributed by atoms with van der Waals surface area (Å²) in [6, 6.07) is 0. The first-order chi connectivity index (χ1) is 4.81. The highest BCUT2D eigenvalue weighted by atomic mass is 32.2. The fraction of sp³-hybridized carbons (Fsp3) is 1.00. The van der Waals surface area contributed by atoms with Crippen LogP contribution in [-0.2, 0) is 10.8 Å². The molecule has 0 heterocycles. The molecule has 0 aliphatic carbocycles. The molecule has 0 bridgehead atoms. The molecule has 2 nitrogen and oxygen atoms in total. The van der Waals surface area contributed by atoms with Crippen molar-refractivity contribution in [3.05, 3.63) is 0 Å². The highest BCUT2D eigenvalue weighted by Crippen LogP contribution is 1.95. The molecule has 0 aliphatic heterocycles. The summed E-state index contributed by atoms with van der Waals surface area (Å²) in [5.74, 6) is 1.65. The van der Waals surface area contributed by atoms with Crippen molar-refractivity contribution in [2.24, 2.45) is 5.73 Å². The van der Waals surface area contributed by atoms with Gasteiger partial charge in [-0.3, -0.25) is 4.21 Å². The Bertz CT molecular complexity index is 95.6. The van der Waals surface area contributed by atoms with Gasteiger partial charge in [-0.2, -0.15) is 0 Å². The number of unbranched alkanes of at least 4 members (excludes halogenated alkanes) is 2. The molecule has 0 aromatic heterocycles. The average molecular weight is 163 g/mol. The number of rotatable bonds is 6. The number of hydrogen-bond acceptors (Lipinski definition) is 2. The van der Waals surface area contributed by atoms with Crippen LogP contribution in [0, 0.1) is 0 Å². The van der Waals surface area contributed by atoms with Crippen LogP contribution in [0.2, 0.25) is 0 Å². The zero-order valence-corrected chi connectivity index (χ0v) is 7.45. The summed E-state index contributed by atoms with van der Waals surface area (Å²) in [6.45, 7) is 2.72. The van der Waals surface area contributed by atoms with Crippen molar-refractivity contribution in [3.63, 3.8) is 0 Å². The monoisotopic (exact) mass is 163 g/mol. The molecule has 0 radical (unpaired) electrons. The number of nitrogens with two attached hydrogens (primary N) is 1. The summed E-state index contributed by atoms with van der Waals surface area (Å²) < 4.78 is 10.9. The Hall–Kier alpha value is 0.110. The van der Waals surface area contributed by atoms with E-state index in [-0.39, 0.29) is 0 Å². The fourth-order valence-electron chi connectivity index (χ4n) is 0.729. The lowest BCUT2D eigenvalue weighted by molar-refractivity contribution is 0.673. The third-order valence-electron chi connectivity index (χ3n) is 1.40. The summed E-state index contributed by atoms with van der Waals surface area (Å²) >= 11 is 0. The highest BCUT2D eigenvalue weighted by Gasteiger charge is 1.93. The molecule has 0 aromatic carbocycles. The van der Waals surface area contributed by atoms with Crippen LogP contribution in [0.25, 0.3) is 0 Å². The van der Waals surface area contributed by atoms with Crippen molar-refractivity contribution in [2.45, 2.75) is 26.2 Å². The molecule has 0 aromatic rings. The third-order valence-corrected chi connectivity index (χ3v) is 2.79. The summed E-state index contributed by atoms with van der Waals surface area (Å²) in [5.41, 5.74) is 5.30. The second-order valence-electron chi connectivity index (χ2n) is 2.28. The maximum Gasteiger partial charge on any atom is 0.0234 e. The Balaban J connectivity index is 2.96. The van der Waals surface area contributed by atoms with E-state index in [0.29, 0.717) is 0 Å². The predicted molar refractivity (Wildman–Crippen MR) is 46.5 cm³/mol. The van der Waals surface area contributed by atoms with E-state index in [2.05, 4.69) is 0 Å². The van der Waals surface area contributed by atoms with E-state index >= 15 is 0 Å². The molecule has 1 atom stereocenters. The molecule has 2 N–H and O–H groups in total. The summed E-state index contributed by atoms with van der Waals surface area (Å²) in [7, 11) is -0.571. The molecule has 0 saturated heterocycles. The second kappa shape index (κ2) is 7.22. The van der Waals surface area contributed by atoms with E-state index in [0.717, 1.165) is 37.3 Å². The van der Waals surface area contributed by atoms with Crippen molar-refractivity contribution >= 4 is 10.8 Å². The van der Waals surface area contributed by atoms with Gasteiger partial charge in [0.05, 0.1) is 0 Å². The third kappa shape index (κ3) is 6.23. The van der Waals surface area contributed by atoms with Crippen LogP contribution >= 0.6 is 0 Å². The number of hydrogen-bond donors (Lipinski definition) is 1. The van der Waals surface area contributed by atoms with Crippen molar-refractivity contribution in [3.8, 4) is 0 Å². The first-order valence-corrected chi connectivity index (χ1v) is 5.35. The molecular weight excluding hydrogens is 146 g/mol. The summed E-state index contributed by atoms with van der Waals surface area (Å²) in [6.07, 6.45) is 3.26. The molecule has 0 rings (SSSR count). The van der Waals surface area contributed by atoms with Crippen LogP contribution in [0.4, 0.5) is 0 Å². The van der Waals surface area contributed by atoms with Crippen molar-refractivity contribution in [1.29, 1.82) is 0 Å². The van der Waals surface area contributed by atoms with Gasteiger partial charge in [-0.1, -0.05) is 13.3 Å². The maximum absolute atomic E-state index is 10.9. The van der Waals surface area contributed by atoms with Crippen LogP contribution < -0.4 is 5.73 Å². The van der Waals surface area contributed by atoms with Gasteiger partial charge in [0.25, 0.3) is 0 Å². The zero-order valence-electron chi connectivity index (χ0n) is 6.64. The van der Waals surface area contributed by atoms with E-state index in [9.17, 15) is 4.21 Å². The molecule has 62 valence electrons. The topological polar surface area (TPSA) is 43.1 Å². The van der Waals surface area contributed by atoms with Gasteiger partial charge in [0.15, 0.2) is 0 Å². The molecular formula is C7H17NOS. The quantitative estimate of drug-likeness (QED) is 0.591. The van der Waals surface area contributed by atoms with Crippen molar-refractivity contribution in [2.75, 3.05) is 18.1 Å². The lowest BCUT2D eigenvalue weighted by Crippen LogP contribution is -2.02. The van der Waals surface area contributed by atoms with Gasteiger partial charge < -0.3 is 5.73 Å². The zero-order chi connectivity index (χ0) is 7.82. The average Bonchev–Trinajstić information content (AvgIpc) is 1.98. The SMILES string of the molecule is CCS(=O)CCCCCN. The Morgan fingerprint density at radius 1 is 1.30 bits per heavy atom. The maximum atomic E-state index is 10.9. The Morgan fingerprint density at radius 3 is 2.50 bits per heavy atom. The molecule has 10 heavy (non-hydrogen) atoms. The molecule has 0 amide bonds. The Labute approximate surface area is 65.6 Å². The van der Waals surface area contributed by atoms with Crippen LogP contribution in [-0.4, -0.2) is 22.3 Å². The molecule has 0 aliphatic rings. The lowest BCUT2D eigenvalue weighted by Gasteiger charge is -1.97. The molecule has 0 saturated carbocycles. The van der Waals surface area contributed by atoms with E-state index in [1.807, 2.05) is 6.92 Å². The minimum Gasteiger partial charge on any atom is -0.330 e. The molecule has 1 unspecified atom stereocenters. The van der Waals surface area contributed by atoms with Crippen LogP contribution in [0.5, 0.6) is 0 Å². The van der Waals surface area contributed by atoms with E-state index in [4.69, 9.17) is 5.73 Å². The van der Waals surface area contributed by atoms with E-state index in [1.165, 1.54) is 0 Å². The van der Waals surface area contributed by atoms with Crippen molar-refractivity contribution < 1.29 is 4.21 Å². The van der Waals surface area contributed by atoms with E-state index < -0.39 is 10.8 Å². The molecule has 0 fully saturated rings. The van der Waals surface area contributed by atoms with Gasteiger partial charge in [-0.05, 0) is 19.4 Å². The Kier molecular flexibility index (Phi) is 7.30. The summed E-state index contributed by atoms with van der Waals surface area (Å²) in [5, 5.41) is 0.